The zero-order valence-electron chi connectivity index (χ0n) is 22.7. The Bertz CT molecular complexity index is 1120. The lowest BCUT2D eigenvalue weighted by Crippen LogP contribution is -2.70. The average Bonchev–Trinajstić information content (AvgIpc) is 3.33. The van der Waals surface area contributed by atoms with Crippen molar-refractivity contribution >= 4 is 11.8 Å². The van der Waals surface area contributed by atoms with E-state index in [-0.39, 0.29) is 22.1 Å². The van der Waals surface area contributed by atoms with E-state index in [1.807, 2.05) is 44.2 Å². The highest BCUT2D eigenvalue weighted by Crippen LogP contribution is 2.41. The van der Waals surface area contributed by atoms with E-state index in [4.69, 9.17) is 5.73 Å². The largest absolute Gasteiger partial charge is 0.364 e. The second-order valence-electron chi connectivity index (χ2n) is 11.5. The molecule has 0 aromatic heterocycles. The van der Waals surface area contributed by atoms with Crippen molar-refractivity contribution in [2.75, 3.05) is 6.54 Å². The van der Waals surface area contributed by atoms with Crippen molar-refractivity contribution in [2.24, 2.45) is 11.7 Å². The van der Waals surface area contributed by atoms with Crippen molar-refractivity contribution < 1.29 is 18.5 Å². The molecule has 0 radical (unpaired) electrons. The van der Waals surface area contributed by atoms with Gasteiger partial charge in [0.15, 0.2) is 6.04 Å². The number of rotatable bonds is 11. The van der Waals surface area contributed by atoms with Crippen LogP contribution in [0.5, 0.6) is 0 Å². The van der Waals surface area contributed by atoms with Gasteiger partial charge >= 0.3 is 5.91 Å². The average molecular weight is 507 g/mol. The molecule has 1 fully saturated rings. The van der Waals surface area contributed by atoms with Crippen molar-refractivity contribution in [1.82, 2.24) is 0 Å². The van der Waals surface area contributed by atoms with Crippen LogP contribution in [0.25, 0.3) is 0 Å². The second-order valence-corrected chi connectivity index (χ2v) is 11.5. The molecule has 3 rings (SSSR count). The Balaban J connectivity index is 1.80. The minimum absolute atomic E-state index is 0.0280. The van der Waals surface area contributed by atoms with Crippen molar-refractivity contribution in [3.05, 3.63) is 71.5 Å². The molecule has 0 aliphatic carbocycles. The molecular weight excluding hydrogens is 465 g/mol. The molecule has 0 saturated carbocycles. The Kier molecular flexibility index (Phi) is 8.92. The van der Waals surface area contributed by atoms with E-state index in [0.29, 0.717) is 38.6 Å². The topological polar surface area (TPSA) is 83.9 Å². The smallest absolute Gasteiger partial charge is 0.314 e. The van der Waals surface area contributed by atoms with Gasteiger partial charge in [0.2, 0.25) is 0 Å². The number of primary amides is 1. The van der Waals surface area contributed by atoms with Crippen LogP contribution in [0.15, 0.2) is 54.6 Å². The number of amides is 2. The maximum Gasteiger partial charge on any atom is 0.314 e. The van der Waals surface area contributed by atoms with Gasteiger partial charge in [-0.05, 0) is 55.9 Å². The van der Waals surface area contributed by atoms with E-state index >= 15 is 0 Å². The predicted molar refractivity (Wildman–Crippen MR) is 144 cm³/mol. The number of hydrogen-bond acceptors (Lipinski definition) is 3. The first-order valence-corrected chi connectivity index (χ1v) is 13.4. The fourth-order valence-electron chi connectivity index (χ4n) is 6.50. The number of hydrogen-bond donors (Lipinski definition) is 1. The van der Waals surface area contributed by atoms with Gasteiger partial charge in [0, 0.05) is 19.3 Å². The third-order valence-electron chi connectivity index (χ3n) is 8.61. The van der Waals surface area contributed by atoms with Crippen LogP contribution in [0.2, 0.25) is 0 Å². The number of nitriles is 1. The minimum Gasteiger partial charge on any atom is -0.364 e. The van der Waals surface area contributed by atoms with Crippen LogP contribution in [0.1, 0.15) is 77.3 Å². The zero-order chi connectivity index (χ0) is 27.3. The first kappa shape index (κ1) is 28.5. The highest BCUT2D eigenvalue weighted by molar-refractivity contribution is 5.82. The number of carbonyl (C=O) groups is 2. The maximum absolute atomic E-state index is 14.0. The fraction of sp³-hybridized carbons (Fsp3) is 0.516. The van der Waals surface area contributed by atoms with Gasteiger partial charge in [-0.15, -0.1) is 0 Å². The summed E-state index contributed by atoms with van der Waals surface area (Å²) in [6.07, 6.45) is 4.23. The molecule has 1 aliphatic heterocycles. The predicted octanol–water partition coefficient (Wildman–Crippen LogP) is 5.82. The number of halogens is 1. The summed E-state index contributed by atoms with van der Waals surface area (Å²) in [4.78, 5) is 26.6. The molecule has 1 heterocycles. The van der Waals surface area contributed by atoms with Gasteiger partial charge in [0.1, 0.15) is 11.4 Å². The number of likely N-dealkylation sites (tertiary alicyclic amines) is 1. The summed E-state index contributed by atoms with van der Waals surface area (Å²) < 4.78 is 13.5. The third kappa shape index (κ3) is 5.62. The fourth-order valence-corrected chi connectivity index (χ4v) is 6.50. The van der Waals surface area contributed by atoms with Crippen molar-refractivity contribution in [1.29, 1.82) is 5.26 Å². The molecule has 1 saturated heterocycles. The summed E-state index contributed by atoms with van der Waals surface area (Å²) in [6, 6.07) is 18.2. The number of quaternary nitrogens is 1. The van der Waals surface area contributed by atoms with Crippen molar-refractivity contribution in [3.8, 4) is 6.07 Å². The quantitative estimate of drug-likeness (QED) is 0.308. The molecule has 1 aliphatic rings. The lowest BCUT2D eigenvalue weighted by atomic mass is 9.69. The SMILES string of the molecule is CC(C)[C@@](C#N)(CCCCC(=O)[N@+]1(C(C)(C)Cc2ccc(F)cc2)CCCC1C(N)=O)c1ccccc1. The summed E-state index contributed by atoms with van der Waals surface area (Å²) in [5.74, 6) is -0.588. The molecule has 0 spiro atoms. The van der Waals surface area contributed by atoms with E-state index in [0.717, 1.165) is 24.0 Å². The molecule has 6 heteroatoms. The number of carbonyl (C=O) groups excluding carboxylic acids is 2. The summed E-state index contributed by atoms with van der Waals surface area (Å²) in [7, 11) is 0. The highest BCUT2D eigenvalue weighted by Gasteiger charge is 2.59. The van der Waals surface area contributed by atoms with Gasteiger partial charge in [0.05, 0.1) is 24.4 Å². The molecule has 2 N–H and O–H groups in total. The van der Waals surface area contributed by atoms with E-state index < -0.39 is 22.9 Å². The zero-order valence-corrected chi connectivity index (χ0v) is 22.7. The van der Waals surface area contributed by atoms with Crippen LogP contribution in [-0.4, -0.2) is 34.4 Å². The van der Waals surface area contributed by atoms with Crippen LogP contribution < -0.4 is 5.73 Å². The molecule has 2 aromatic rings. The molecule has 0 bridgehead atoms. The minimum atomic E-state index is -0.609. The first-order valence-electron chi connectivity index (χ1n) is 13.4. The number of nitrogens with two attached hydrogens (primary N) is 1. The molecule has 3 atom stereocenters. The lowest BCUT2D eigenvalue weighted by molar-refractivity contribution is -0.905. The highest BCUT2D eigenvalue weighted by atomic mass is 19.1. The standard InChI is InChI=1S/C31H40FN3O2/c1-23(2)31(22-33,25-11-6-5-7-12-25)19-9-8-14-28(36)35(20-10-13-27(35)29(34)37)30(3,4)21-24-15-17-26(32)18-16-24/h5-7,11-12,15-18,23,27H,8-10,13-14,19-21H2,1-4H3,(H-,34,37)/p+1/t27?,31-,35-/m0/s1. The van der Waals surface area contributed by atoms with Gasteiger partial charge in [-0.2, -0.15) is 5.26 Å². The summed E-state index contributed by atoms with van der Waals surface area (Å²) in [6.45, 7) is 8.75. The Morgan fingerprint density at radius 3 is 2.32 bits per heavy atom. The maximum atomic E-state index is 14.0. The summed E-state index contributed by atoms with van der Waals surface area (Å²) in [5, 5.41) is 10.2. The third-order valence-corrected chi connectivity index (χ3v) is 8.61. The molecule has 37 heavy (non-hydrogen) atoms. The van der Waals surface area contributed by atoms with E-state index in [9.17, 15) is 19.2 Å². The normalized spacial score (nSPS) is 21.4. The molecular formula is C31H41FN3O2+. The Morgan fingerprint density at radius 1 is 1.11 bits per heavy atom. The number of unbranched alkanes of at least 4 members (excludes halogenated alkanes) is 1. The Morgan fingerprint density at radius 2 is 1.76 bits per heavy atom. The van der Waals surface area contributed by atoms with E-state index in [2.05, 4.69) is 19.9 Å². The first-order chi connectivity index (χ1) is 17.5. The van der Waals surface area contributed by atoms with E-state index in [1.54, 1.807) is 12.1 Å². The van der Waals surface area contributed by atoms with Gasteiger partial charge in [-0.1, -0.05) is 62.7 Å². The second kappa shape index (κ2) is 11.6. The van der Waals surface area contributed by atoms with Crippen molar-refractivity contribution in [2.45, 2.75) is 89.6 Å². The van der Waals surface area contributed by atoms with Crippen LogP contribution >= 0.6 is 0 Å². The Labute approximate surface area is 221 Å². The van der Waals surface area contributed by atoms with Gasteiger partial charge in [-0.3, -0.25) is 4.79 Å². The molecule has 198 valence electrons. The van der Waals surface area contributed by atoms with Crippen molar-refractivity contribution in [3.63, 3.8) is 0 Å². The van der Waals surface area contributed by atoms with Gasteiger partial charge in [0.25, 0.3) is 5.91 Å². The Hall–Kier alpha value is -3.04. The monoisotopic (exact) mass is 506 g/mol. The van der Waals surface area contributed by atoms with Crippen LogP contribution in [0.4, 0.5) is 4.39 Å². The van der Waals surface area contributed by atoms with Crippen LogP contribution in [-0.2, 0) is 21.4 Å². The number of nitrogens with zero attached hydrogens (tertiary/aromatic N) is 2. The van der Waals surface area contributed by atoms with Crippen LogP contribution in [0, 0.1) is 23.1 Å². The summed E-state index contributed by atoms with van der Waals surface area (Å²) in [5.41, 5.74) is 6.59. The molecule has 5 nitrogen and oxygen atoms in total. The van der Waals surface area contributed by atoms with Gasteiger partial charge < -0.3 is 5.73 Å². The van der Waals surface area contributed by atoms with Gasteiger partial charge in [-0.25, -0.2) is 13.7 Å². The lowest BCUT2D eigenvalue weighted by Gasteiger charge is -2.48. The molecule has 2 aromatic carbocycles. The summed E-state index contributed by atoms with van der Waals surface area (Å²) >= 11 is 0. The molecule has 1 unspecified atom stereocenters. The van der Waals surface area contributed by atoms with Crippen LogP contribution in [0.3, 0.4) is 0 Å². The number of benzene rings is 2. The molecule has 2 amide bonds. The van der Waals surface area contributed by atoms with E-state index in [1.165, 1.54) is 12.1 Å².